The summed E-state index contributed by atoms with van der Waals surface area (Å²) < 4.78 is 5.34. The average molecular weight is 267 g/mol. The first-order chi connectivity index (χ1) is 9.76. The lowest BCUT2D eigenvalue weighted by Gasteiger charge is -2.19. The van der Waals surface area contributed by atoms with Crippen molar-refractivity contribution < 1.29 is 4.42 Å². The van der Waals surface area contributed by atoms with Gasteiger partial charge in [-0.1, -0.05) is 12.1 Å². The Morgan fingerprint density at radius 2 is 1.95 bits per heavy atom. The lowest BCUT2D eigenvalue weighted by atomic mass is 10.2. The van der Waals surface area contributed by atoms with Gasteiger partial charge < -0.3 is 14.6 Å². The van der Waals surface area contributed by atoms with Gasteiger partial charge in [-0.25, -0.2) is 4.98 Å². The molecule has 20 heavy (non-hydrogen) atoms. The average Bonchev–Trinajstić information content (AvgIpc) is 2.95. The Bertz CT molecular complexity index is 703. The van der Waals surface area contributed by atoms with Crippen molar-refractivity contribution >= 4 is 22.5 Å². The minimum absolute atomic E-state index is 0.819. The van der Waals surface area contributed by atoms with E-state index in [1.807, 2.05) is 19.2 Å². The zero-order chi connectivity index (χ0) is 13.9. The second-order valence-electron chi connectivity index (χ2n) is 4.81. The molecule has 0 radical (unpaired) electrons. The third-order valence-corrected chi connectivity index (χ3v) is 3.42. The summed E-state index contributed by atoms with van der Waals surface area (Å²) in [4.78, 5) is 6.32. The largest absolute Gasteiger partial charge is 0.443 e. The highest BCUT2D eigenvalue weighted by atomic mass is 16.3. The van der Waals surface area contributed by atoms with Crippen LogP contribution in [0.25, 0.3) is 11.1 Å². The van der Waals surface area contributed by atoms with E-state index in [4.69, 9.17) is 4.42 Å². The molecule has 3 aromatic rings. The van der Waals surface area contributed by atoms with Crippen LogP contribution in [0.4, 0.5) is 11.4 Å². The number of hydrogen-bond acceptors (Lipinski definition) is 4. The third-order valence-electron chi connectivity index (χ3n) is 3.42. The lowest BCUT2D eigenvalue weighted by molar-refractivity contribution is 0.602. The lowest BCUT2D eigenvalue weighted by Crippen LogP contribution is -2.16. The van der Waals surface area contributed by atoms with Crippen molar-refractivity contribution in [2.45, 2.75) is 6.54 Å². The van der Waals surface area contributed by atoms with Crippen LogP contribution in [0.15, 0.2) is 53.3 Å². The van der Waals surface area contributed by atoms with Crippen LogP contribution in [-0.4, -0.2) is 19.1 Å². The number of anilines is 2. The molecule has 0 atom stereocenters. The Morgan fingerprint density at radius 1 is 1.15 bits per heavy atom. The van der Waals surface area contributed by atoms with E-state index in [1.54, 1.807) is 0 Å². The fourth-order valence-electron chi connectivity index (χ4n) is 2.22. The van der Waals surface area contributed by atoms with E-state index in [9.17, 15) is 0 Å². The van der Waals surface area contributed by atoms with E-state index in [0.29, 0.717) is 0 Å². The van der Waals surface area contributed by atoms with Crippen molar-refractivity contribution in [1.29, 1.82) is 0 Å². The van der Waals surface area contributed by atoms with Crippen molar-refractivity contribution in [2.75, 3.05) is 24.3 Å². The molecule has 0 bridgehead atoms. The normalized spacial score (nSPS) is 10.7. The number of nitrogens with one attached hydrogen (secondary N) is 1. The number of rotatable bonds is 4. The van der Waals surface area contributed by atoms with Gasteiger partial charge in [0.1, 0.15) is 5.52 Å². The second-order valence-corrected chi connectivity index (χ2v) is 4.81. The van der Waals surface area contributed by atoms with Gasteiger partial charge in [-0.3, -0.25) is 0 Å². The molecule has 0 unspecified atom stereocenters. The van der Waals surface area contributed by atoms with E-state index in [0.717, 1.165) is 29.0 Å². The summed E-state index contributed by atoms with van der Waals surface area (Å²) in [5.41, 5.74) is 5.22. The first kappa shape index (κ1) is 12.5. The first-order valence-corrected chi connectivity index (χ1v) is 6.57. The molecule has 0 saturated heterocycles. The molecule has 2 aromatic carbocycles. The molecule has 0 spiro atoms. The summed E-state index contributed by atoms with van der Waals surface area (Å²) in [6.45, 7) is 0.851. The molecular weight excluding hydrogens is 250 g/mol. The molecule has 4 nitrogen and oxygen atoms in total. The van der Waals surface area contributed by atoms with Gasteiger partial charge >= 0.3 is 0 Å². The summed E-state index contributed by atoms with van der Waals surface area (Å²) in [5, 5.41) is 3.12. The molecule has 4 heteroatoms. The fourth-order valence-corrected chi connectivity index (χ4v) is 2.22. The summed E-state index contributed by atoms with van der Waals surface area (Å²) in [6, 6.07) is 14.5. The van der Waals surface area contributed by atoms with E-state index in [-0.39, 0.29) is 0 Å². The van der Waals surface area contributed by atoms with Gasteiger partial charge in [0, 0.05) is 38.1 Å². The molecule has 1 aromatic heterocycles. The highest BCUT2D eigenvalue weighted by molar-refractivity contribution is 5.77. The Hall–Kier alpha value is -2.49. The van der Waals surface area contributed by atoms with Gasteiger partial charge in [-0.2, -0.15) is 0 Å². The zero-order valence-electron chi connectivity index (χ0n) is 11.6. The van der Waals surface area contributed by atoms with E-state index in [2.05, 4.69) is 52.6 Å². The Kier molecular flexibility index (Phi) is 3.29. The van der Waals surface area contributed by atoms with Crippen molar-refractivity contribution in [2.24, 2.45) is 0 Å². The number of nitrogens with zero attached hydrogens (tertiary/aromatic N) is 2. The minimum Gasteiger partial charge on any atom is -0.443 e. The first-order valence-electron chi connectivity index (χ1n) is 6.57. The van der Waals surface area contributed by atoms with Gasteiger partial charge in [0.2, 0.25) is 0 Å². The third kappa shape index (κ3) is 2.45. The molecule has 1 heterocycles. The predicted octanol–water partition coefficient (Wildman–Crippen LogP) is 3.51. The Balaban J connectivity index is 1.78. The summed E-state index contributed by atoms with van der Waals surface area (Å²) >= 11 is 0. The number of aromatic nitrogens is 1. The topological polar surface area (TPSA) is 41.3 Å². The smallest absolute Gasteiger partial charge is 0.181 e. The second kappa shape index (κ2) is 5.25. The summed E-state index contributed by atoms with van der Waals surface area (Å²) in [7, 11) is 4.00. The highest BCUT2D eigenvalue weighted by Crippen LogP contribution is 2.22. The van der Waals surface area contributed by atoms with E-state index < -0.39 is 0 Å². The number of hydrogen-bond donors (Lipinski definition) is 1. The monoisotopic (exact) mass is 267 g/mol. The molecule has 102 valence electrons. The quantitative estimate of drug-likeness (QED) is 0.785. The zero-order valence-corrected chi connectivity index (χ0v) is 11.6. The van der Waals surface area contributed by atoms with Crippen LogP contribution >= 0.6 is 0 Å². The van der Waals surface area contributed by atoms with E-state index in [1.165, 1.54) is 12.0 Å². The van der Waals surface area contributed by atoms with Crippen LogP contribution < -0.4 is 10.2 Å². The van der Waals surface area contributed by atoms with Gasteiger partial charge in [-0.15, -0.1) is 0 Å². The SMILES string of the molecule is CNc1ccc(CN(C)c2ccc3ncoc3c2)cc1. The molecule has 0 fully saturated rings. The van der Waals surface area contributed by atoms with Gasteiger partial charge in [-0.05, 0) is 29.8 Å². The fraction of sp³-hybridized carbons (Fsp3) is 0.188. The minimum atomic E-state index is 0.819. The molecule has 0 saturated carbocycles. The Labute approximate surface area is 118 Å². The predicted molar refractivity (Wildman–Crippen MR) is 82.1 cm³/mol. The van der Waals surface area contributed by atoms with Crippen molar-refractivity contribution in [1.82, 2.24) is 4.98 Å². The van der Waals surface area contributed by atoms with Crippen LogP contribution in [-0.2, 0) is 6.54 Å². The van der Waals surface area contributed by atoms with Crippen LogP contribution in [0.2, 0.25) is 0 Å². The number of fused-ring (bicyclic) bond motifs is 1. The van der Waals surface area contributed by atoms with Crippen molar-refractivity contribution in [3.05, 3.63) is 54.4 Å². The van der Waals surface area contributed by atoms with Crippen molar-refractivity contribution in [3.8, 4) is 0 Å². The molecule has 0 amide bonds. The van der Waals surface area contributed by atoms with Crippen molar-refractivity contribution in [3.63, 3.8) is 0 Å². The van der Waals surface area contributed by atoms with E-state index >= 15 is 0 Å². The van der Waals surface area contributed by atoms with Gasteiger partial charge in [0.05, 0.1) is 0 Å². The molecule has 0 aliphatic carbocycles. The van der Waals surface area contributed by atoms with Gasteiger partial charge in [0.15, 0.2) is 12.0 Å². The maximum absolute atomic E-state index is 5.34. The molecule has 1 N–H and O–H groups in total. The van der Waals surface area contributed by atoms with Gasteiger partial charge in [0.25, 0.3) is 0 Å². The van der Waals surface area contributed by atoms with Crippen LogP contribution in [0.1, 0.15) is 5.56 Å². The molecule has 0 aliphatic heterocycles. The maximum atomic E-state index is 5.34. The molecular formula is C16H17N3O. The Morgan fingerprint density at radius 3 is 2.70 bits per heavy atom. The standard InChI is InChI=1S/C16H17N3O/c1-17-13-5-3-12(4-6-13)10-19(2)14-7-8-15-16(9-14)20-11-18-15/h3-9,11,17H,10H2,1-2H3. The van der Waals surface area contributed by atoms with Crippen LogP contribution in [0, 0.1) is 0 Å². The maximum Gasteiger partial charge on any atom is 0.181 e. The molecule has 0 aliphatic rings. The van der Waals surface area contributed by atoms with Crippen LogP contribution in [0.5, 0.6) is 0 Å². The summed E-state index contributed by atoms with van der Waals surface area (Å²) in [6.07, 6.45) is 1.48. The summed E-state index contributed by atoms with van der Waals surface area (Å²) in [5.74, 6) is 0. The molecule has 3 rings (SSSR count). The highest BCUT2D eigenvalue weighted by Gasteiger charge is 2.05. The number of benzene rings is 2. The van der Waals surface area contributed by atoms with Crippen LogP contribution in [0.3, 0.4) is 0 Å². The number of oxazole rings is 1.